The summed E-state index contributed by atoms with van der Waals surface area (Å²) in [7, 11) is -3.77. The highest BCUT2D eigenvalue weighted by atomic mass is 32.2. The van der Waals surface area contributed by atoms with Crippen molar-refractivity contribution in [1.29, 1.82) is 0 Å². The Morgan fingerprint density at radius 1 is 1.11 bits per heavy atom. The summed E-state index contributed by atoms with van der Waals surface area (Å²) in [5.74, 6) is 0.836. The van der Waals surface area contributed by atoms with Gasteiger partial charge >= 0.3 is 0 Å². The van der Waals surface area contributed by atoms with Gasteiger partial charge in [-0.05, 0) is 50.5 Å². The van der Waals surface area contributed by atoms with Crippen LogP contribution in [-0.2, 0) is 14.6 Å². The highest BCUT2D eigenvalue weighted by molar-refractivity contribution is 7.93. The van der Waals surface area contributed by atoms with E-state index in [9.17, 15) is 13.2 Å². The SMILES string of the molecule is Cc1ccc(S(=O)(=O)C2(C(=O)NC[C@H]3COc4ccccc4O3)CCC2)cc1. The number of carbonyl (C=O) groups is 1. The van der Waals surface area contributed by atoms with Crippen molar-refractivity contribution < 1.29 is 22.7 Å². The van der Waals surface area contributed by atoms with Gasteiger partial charge in [0.15, 0.2) is 26.1 Å². The fourth-order valence-corrected chi connectivity index (χ4v) is 5.68. The van der Waals surface area contributed by atoms with E-state index in [2.05, 4.69) is 5.32 Å². The molecule has 0 bridgehead atoms. The van der Waals surface area contributed by atoms with Crippen LogP contribution in [0.1, 0.15) is 24.8 Å². The van der Waals surface area contributed by atoms with Gasteiger partial charge in [-0.3, -0.25) is 4.79 Å². The molecule has 4 rings (SSSR count). The summed E-state index contributed by atoms with van der Waals surface area (Å²) in [5, 5.41) is 2.79. The maximum absolute atomic E-state index is 13.2. The second-order valence-corrected chi connectivity index (χ2v) is 9.63. The van der Waals surface area contributed by atoms with Crippen molar-refractivity contribution in [1.82, 2.24) is 5.32 Å². The molecule has 1 N–H and O–H groups in total. The Bertz CT molecular complexity index is 980. The highest BCUT2D eigenvalue weighted by Gasteiger charge is 2.55. The molecule has 28 heavy (non-hydrogen) atoms. The van der Waals surface area contributed by atoms with Gasteiger partial charge in [0.25, 0.3) is 0 Å². The number of aryl methyl sites for hydroxylation is 1. The Kier molecular flexibility index (Phi) is 4.79. The molecule has 0 radical (unpaired) electrons. The van der Waals surface area contributed by atoms with E-state index in [0.29, 0.717) is 30.9 Å². The average molecular weight is 401 g/mol. The molecule has 1 saturated carbocycles. The van der Waals surface area contributed by atoms with Crippen molar-refractivity contribution in [2.24, 2.45) is 0 Å². The number of amides is 1. The molecule has 1 aliphatic heterocycles. The van der Waals surface area contributed by atoms with Crippen LogP contribution in [0.5, 0.6) is 11.5 Å². The van der Waals surface area contributed by atoms with E-state index in [1.54, 1.807) is 30.3 Å². The van der Waals surface area contributed by atoms with Gasteiger partial charge in [0.2, 0.25) is 5.91 Å². The summed E-state index contributed by atoms with van der Waals surface area (Å²) in [6, 6.07) is 14.0. The number of rotatable bonds is 5. The number of benzene rings is 2. The molecule has 1 heterocycles. The van der Waals surface area contributed by atoms with Gasteiger partial charge in [-0.15, -0.1) is 0 Å². The summed E-state index contributed by atoms with van der Waals surface area (Å²) in [6.07, 6.45) is 1.02. The number of ether oxygens (including phenoxy) is 2. The highest BCUT2D eigenvalue weighted by Crippen LogP contribution is 2.43. The first-order chi connectivity index (χ1) is 13.4. The molecule has 2 aliphatic rings. The Morgan fingerprint density at radius 2 is 1.79 bits per heavy atom. The molecule has 1 atom stereocenters. The van der Waals surface area contributed by atoms with E-state index in [1.807, 2.05) is 25.1 Å². The summed E-state index contributed by atoms with van der Waals surface area (Å²) < 4.78 is 36.5. The predicted molar refractivity (Wildman–Crippen MR) is 104 cm³/mol. The Hall–Kier alpha value is -2.54. The largest absolute Gasteiger partial charge is 0.486 e. The van der Waals surface area contributed by atoms with Crippen molar-refractivity contribution in [3.05, 3.63) is 54.1 Å². The molecule has 148 valence electrons. The van der Waals surface area contributed by atoms with Gasteiger partial charge in [-0.2, -0.15) is 0 Å². The first kappa shape index (κ1) is 18.8. The van der Waals surface area contributed by atoms with E-state index in [4.69, 9.17) is 9.47 Å². The lowest BCUT2D eigenvalue weighted by molar-refractivity contribution is -0.126. The molecule has 0 saturated heterocycles. The van der Waals surface area contributed by atoms with Crippen LogP contribution in [0.15, 0.2) is 53.4 Å². The van der Waals surface area contributed by atoms with Crippen LogP contribution in [0.2, 0.25) is 0 Å². The van der Waals surface area contributed by atoms with Crippen LogP contribution in [0.4, 0.5) is 0 Å². The molecule has 2 aromatic rings. The molecule has 2 aromatic carbocycles. The van der Waals surface area contributed by atoms with Crippen molar-refractivity contribution in [2.75, 3.05) is 13.2 Å². The lowest BCUT2D eigenvalue weighted by Crippen LogP contribution is -2.58. The number of fused-ring (bicyclic) bond motifs is 1. The lowest BCUT2D eigenvalue weighted by atomic mass is 9.83. The molecule has 7 heteroatoms. The number of hydrogen-bond acceptors (Lipinski definition) is 5. The second-order valence-electron chi connectivity index (χ2n) is 7.37. The fourth-order valence-electron chi connectivity index (χ4n) is 3.59. The molecular weight excluding hydrogens is 378 g/mol. The summed E-state index contributed by atoms with van der Waals surface area (Å²) >= 11 is 0. The third-order valence-corrected chi connectivity index (χ3v) is 7.99. The summed E-state index contributed by atoms with van der Waals surface area (Å²) in [5.41, 5.74) is 0.973. The average Bonchev–Trinajstić information content (AvgIpc) is 2.65. The molecule has 1 aliphatic carbocycles. The van der Waals surface area contributed by atoms with E-state index < -0.39 is 20.5 Å². The minimum atomic E-state index is -3.77. The van der Waals surface area contributed by atoms with Crippen LogP contribution in [0, 0.1) is 6.92 Å². The molecule has 0 aromatic heterocycles. The van der Waals surface area contributed by atoms with E-state index in [1.165, 1.54) is 0 Å². The first-order valence-corrected chi connectivity index (χ1v) is 10.9. The number of carbonyl (C=O) groups excluding carboxylic acids is 1. The predicted octanol–water partition coefficient (Wildman–Crippen LogP) is 2.65. The first-order valence-electron chi connectivity index (χ1n) is 9.40. The van der Waals surface area contributed by atoms with Gasteiger partial charge in [-0.25, -0.2) is 8.42 Å². The standard InChI is InChI=1S/C21H23NO5S/c1-15-7-9-17(10-8-15)28(24,25)21(11-4-12-21)20(23)22-13-16-14-26-18-5-2-3-6-19(18)27-16/h2-3,5-10,16H,4,11-14H2,1H3,(H,22,23)/t16-/m0/s1. The third kappa shape index (κ3) is 3.13. The van der Waals surface area contributed by atoms with E-state index >= 15 is 0 Å². The van der Waals surface area contributed by atoms with Crippen molar-refractivity contribution in [2.45, 2.75) is 41.9 Å². The van der Waals surface area contributed by atoms with Gasteiger partial charge in [-0.1, -0.05) is 29.8 Å². The van der Waals surface area contributed by atoms with Crippen molar-refractivity contribution >= 4 is 15.7 Å². The summed E-state index contributed by atoms with van der Waals surface area (Å²) in [6.45, 7) is 2.39. The number of para-hydroxylation sites is 2. The van der Waals surface area contributed by atoms with Crippen molar-refractivity contribution in [3.8, 4) is 11.5 Å². The quantitative estimate of drug-likeness (QED) is 0.833. The summed E-state index contributed by atoms with van der Waals surface area (Å²) in [4.78, 5) is 13.1. The molecule has 0 unspecified atom stereocenters. The topological polar surface area (TPSA) is 81.7 Å². The zero-order chi connectivity index (χ0) is 19.8. The van der Waals surface area contributed by atoms with Crippen LogP contribution >= 0.6 is 0 Å². The van der Waals surface area contributed by atoms with E-state index in [0.717, 1.165) is 12.0 Å². The van der Waals surface area contributed by atoms with Crippen LogP contribution in [0.3, 0.4) is 0 Å². The van der Waals surface area contributed by atoms with Gasteiger partial charge in [0.1, 0.15) is 12.7 Å². The van der Waals surface area contributed by atoms with Crippen LogP contribution in [0.25, 0.3) is 0 Å². The maximum atomic E-state index is 13.2. The molecule has 1 fully saturated rings. The molecular formula is C21H23NO5S. The Labute approximate surface area is 164 Å². The lowest BCUT2D eigenvalue weighted by Gasteiger charge is -2.39. The zero-order valence-corrected chi connectivity index (χ0v) is 16.5. The normalized spacial score (nSPS) is 20.1. The smallest absolute Gasteiger partial charge is 0.241 e. The molecule has 1 amide bonds. The minimum Gasteiger partial charge on any atom is -0.486 e. The number of hydrogen-bond donors (Lipinski definition) is 1. The molecule has 0 spiro atoms. The maximum Gasteiger partial charge on any atom is 0.241 e. The Balaban J connectivity index is 1.46. The van der Waals surface area contributed by atoms with E-state index in [-0.39, 0.29) is 17.5 Å². The Morgan fingerprint density at radius 3 is 2.43 bits per heavy atom. The van der Waals surface area contributed by atoms with Crippen LogP contribution in [-0.4, -0.2) is 38.3 Å². The fraction of sp³-hybridized carbons (Fsp3) is 0.381. The second kappa shape index (κ2) is 7.13. The number of nitrogens with one attached hydrogen (secondary N) is 1. The monoisotopic (exact) mass is 401 g/mol. The van der Waals surface area contributed by atoms with Crippen molar-refractivity contribution in [3.63, 3.8) is 0 Å². The van der Waals surface area contributed by atoms with Crippen LogP contribution < -0.4 is 14.8 Å². The van der Waals surface area contributed by atoms with Gasteiger partial charge in [0.05, 0.1) is 11.4 Å². The third-order valence-electron chi connectivity index (χ3n) is 5.48. The van der Waals surface area contributed by atoms with Gasteiger partial charge < -0.3 is 14.8 Å². The molecule has 6 nitrogen and oxygen atoms in total. The minimum absolute atomic E-state index is 0.193. The van der Waals surface area contributed by atoms with Gasteiger partial charge in [0, 0.05) is 0 Å². The number of sulfone groups is 1. The zero-order valence-electron chi connectivity index (χ0n) is 15.7.